The van der Waals surface area contributed by atoms with Gasteiger partial charge in [-0.25, -0.2) is 4.98 Å². The highest BCUT2D eigenvalue weighted by Crippen LogP contribution is 2.33. The summed E-state index contributed by atoms with van der Waals surface area (Å²) in [5.41, 5.74) is 4.25. The van der Waals surface area contributed by atoms with Crippen LogP contribution in [0.15, 0.2) is 47.0 Å². The molecule has 0 bridgehead atoms. The molecule has 1 atom stereocenters. The van der Waals surface area contributed by atoms with Crippen molar-refractivity contribution < 1.29 is 14.1 Å². The number of nitrogens with one attached hydrogen (secondary N) is 1. The van der Waals surface area contributed by atoms with Gasteiger partial charge in [-0.15, -0.1) is 0 Å². The predicted molar refractivity (Wildman–Crippen MR) is 108 cm³/mol. The van der Waals surface area contributed by atoms with Crippen LogP contribution in [0.3, 0.4) is 0 Å². The van der Waals surface area contributed by atoms with Gasteiger partial charge in [0.15, 0.2) is 16.6 Å². The van der Waals surface area contributed by atoms with Crippen LogP contribution in [0.25, 0.3) is 21.5 Å². The highest BCUT2D eigenvalue weighted by molar-refractivity contribution is 7.22. The zero-order valence-electron chi connectivity index (χ0n) is 15.4. The Labute approximate surface area is 165 Å². The number of amides is 1. The first-order chi connectivity index (χ1) is 13.5. The third-order valence-electron chi connectivity index (χ3n) is 4.69. The van der Waals surface area contributed by atoms with Crippen LogP contribution >= 0.6 is 11.3 Å². The van der Waals surface area contributed by atoms with Gasteiger partial charge in [0, 0.05) is 18.1 Å². The number of carbonyl (C=O) groups excluding carboxylic acids is 1. The van der Waals surface area contributed by atoms with Gasteiger partial charge in [0.05, 0.1) is 10.2 Å². The Morgan fingerprint density at radius 1 is 1.21 bits per heavy atom. The summed E-state index contributed by atoms with van der Waals surface area (Å²) in [5.74, 6) is 1.11. The van der Waals surface area contributed by atoms with Crippen LogP contribution in [0.2, 0.25) is 0 Å². The summed E-state index contributed by atoms with van der Waals surface area (Å²) in [5, 5.41) is 7.27. The van der Waals surface area contributed by atoms with Gasteiger partial charge in [-0.05, 0) is 55.3 Å². The van der Waals surface area contributed by atoms with Gasteiger partial charge in [-0.3, -0.25) is 10.1 Å². The number of fused-ring (bicyclic) bond motifs is 2. The number of benzene rings is 2. The lowest BCUT2D eigenvalue weighted by Gasteiger charge is -2.02. The smallest absolute Gasteiger partial charge is 0.279 e. The van der Waals surface area contributed by atoms with Crippen molar-refractivity contribution in [3.8, 4) is 17.1 Å². The molecular weight excluding hydrogens is 374 g/mol. The van der Waals surface area contributed by atoms with E-state index in [1.807, 2.05) is 44.2 Å². The molecule has 140 valence electrons. The fourth-order valence-electron chi connectivity index (χ4n) is 3.34. The van der Waals surface area contributed by atoms with E-state index in [0.29, 0.717) is 10.9 Å². The van der Waals surface area contributed by atoms with Crippen LogP contribution < -0.4 is 10.1 Å². The molecule has 0 saturated carbocycles. The minimum atomic E-state index is -0.344. The molecule has 7 heteroatoms. The van der Waals surface area contributed by atoms with Gasteiger partial charge in [0.25, 0.3) is 5.91 Å². The minimum Gasteiger partial charge on any atom is -0.490 e. The Morgan fingerprint density at radius 2 is 2.11 bits per heavy atom. The molecule has 0 unspecified atom stereocenters. The van der Waals surface area contributed by atoms with E-state index in [4.69, 9.17) is 9.26 Å². The average Bonchev–Trinajstić information content (AvgIpc) is 3.37. The third kappa shape index (κ3) is 3.03. The van der Waals surface area contributed by atoms with E-state index < -0.39 is 0 Å². The fraction of sp³-hybridized carbons (Fsp3) is 0.190. The number of hydrogen-bond donors (Lipinski definition) is 1. The summed E-state index contributed by atoms with van der Waals surface area (Å²) in [4.78, 5) is 17.0. The number of nitrogens with zero attached hydrogens (tertiary/aromatic N) is 2. The number of carbonyl (C=O) groups is 1. The summed E-state index contributed by atoms with van der Waals surface area (Å²) in [6.45, 7) is 4.07. The maximum Gasteiger partial charge on any atom is 0.279 e. The number of rotatable bonds is 3. The number of thiazole rings is 1. The first kappa shape index (κ1) is 16.9. The van der Waals surface area contributed by atoms with E-state index in [0.717, 1.165) is 39.1 Å². The molecule has 0 radical (unpaired) electrons. The molecule has 3 heterocycles. The molecule has 2 aromatic heterocycles. The zero-order chi connectivity index (χ0) is 19.3. The summed E-state index contributed by atoms with van der Waals surface area (Å²) >= 11 is 1.44. The lowest BCUT2D eigenvalue weighted by Crippen LogP contribution is -2.11. The lowest BCUT2D eigenvalue weighted by atomic mass is 10.1. The first-order valence-corrected chi connectivity index (χ1v) is 9.82. The van der Waals surface area contributed by atoms with Gasteiger partial charge in [0.2, 0.25) is 0 Å². The molecule has 1 amide bonds. The van der Waals surface area contributed by atoms with E-state index in [2.05, 4.69) is 21.5 Å². The Hall–Kier alpha value is -3.19. The van der Waals surface area contributed by atoms with Gasteiger partial charge in [-0.1, -0.05) is 22.6 Å². The van der Waals surface area contributed by atoms with Crippen molar-refractivity contribution >= 4 is 32.6 Å². The van der Waals surface area contributed by atoms with Crippen molar-refractivity contribution in [3.05, 3.63) is 59.3 Å². The molecule has 6 nitrogen and oxygen atoms in total. The van der Waals surface area contributed by atoms with E-state index in [9.17, 15) is 4.79 Å². The topological polar surface area (TPSA) is 77.2 Å². The molecule has 1 aliphatic rings. The molecular formula is C21H17N3O3S. The maximum absolute atomic E-state index is 12.5. The Bertz CT molecular complexity index is 1210. The van der Waals surface area contributed by atoms with Gasteiger partial charge < -0.3 is 9.26 Å². The van der Waals surface area contributed by atoms with Gasteiger partial charge >= 0.3 is 0 Å². The van der Waals surface area contributed by atoms with Crippen molar-refractivity contribution in [1.82, 2.24) is 10.1 Å². The zero-order valence-corrected chi connectivity index (χ0v) is 16.2. The van der Waals surface area contributed by atoms with E-state index >= 15 is 0 Å². The van der Waals surface area contributed by atoms with Crippen LogP contribution in [0, 0.1) is 6.92 Å². The van der Waals surface area contributed by atoms with Crippen molar-refractivity contribution in [1.29, 1.82) is 0 Å². The summed E-state index contributed by atoms with van der Waals surface area (Å²) in [7, 11) is 0. The largest absolute Gasteiger partial charge is 0.490 e. The molecule has 4 aromatic rings. The molecule has 28 heavy (non-hydrogen) atoms. The summed E-state index contributed by atoms with van der Waals surface area (Å²) in [6.07, 6.45) is 1.04. The fourth-order valence-corrected chi connectivity index (χ4v) is 4.30. The summed E-state index contributed by atoms with van der Waals surface area (Å²) in [6, 6.07) is 13.5. The Balaban J connectivity index is 1.36. The standard InChI is InChI=1S/C21H17N3O3S/c1-11-3-5-15-19(7-11)28-21(22-15)23-20(25)16-10-18(27-24-16)13-4-6-17-14(9-13)8-12(2)26-17/h3-7,9-10,12H,8H2,1-2H3,(H,22,23,25)/t12-/m0/s1. The van der Waals surface area contributed by atoms with Gasteiger partial charge in [0.1, 0.15) is 11.9 Å². The lowest BCUT2D eigenvalue weighted by molar-refractivity contribution is 0.101. The summed E-state index contributed by atoms with van der Waals surface area (Å²) < 4.78 is 12.2. The SMILES string of the molecule is Cc1ccc2nc(NC(=O)c3cc(-c4ccc5c(c4)C[C@H](C)O5)on3)sc2c1. The molecule has 0 saturated heterocycles. The second-order valence-corrected chi connectivity index (χ2v) is 8.01. The van der Waals surface area contributed by atoms with Crippen LogP contribution in [-0.4, -0.2) is 22.2 Å². The molecule has 0 fully saturated rings. The highest BCUT2D eigenvalue weighted by atomic mass is 32.1. The number of anilines is 1. The monoisotopic (exact) mass is 391 g/mol. The Kier molecular flexibility index (Phi) is 3.91. The van der Waals surface area contributed by atoms with Crippen molar-refractivity contribution in [2.24, 2.45) is 0 Å². The second kappa shape index (κ2) is 6.45. The molecule has 0 spiro atoms. The quantitative estimate of drug-likeness (QED) is 0.541. The van der Waals surface area contributed by atoms with Crippen LogP contribution in [0.4, 0.5) is 5.13 Å². The predicted octanol–water partition coefficient (Wildman–Crippen LogP) is 4.84. The van der Waals surface area contributed by atoms with Crippen molar-refractivity contribution in [2.45, 2.75) is 26.4 Å². The minimum absolute atomic E-state index is 0.180. The van der Waals surface area contributed by atoms with Crippen molar-refractivity contribution in [3.63, 3.8) is 0 Å². The number of hydrogen-bond acceptors (Lipinski definition) is 6. The van der Waals surface area contributed by atoms with Crippen molar-refractivity contribution in [2.75, 3.05) is 5.32 Å². The number of ether oxygens (including phenoxy) is 1. The van der Waals surface area contributed by atoms with Crippen LogP contribution in [0.5, 0.6) is 5.75 Å². The highest BCUT2D eigenvalue weighted by Gasteiger charge is 2.21. The van der Waals surface area contributed by atoms with Gasteiger partial charge in [-0.2, -0.15) is 0 Å². The first-order valence-electron chi connectivity index (χ1n) is 9.00. The third-order valence-corrected chi connectivity index (χ3v) is 5.62. The second-order valence-electron chi connectivity index (χ2n) is 6.98. The number of aryl methyl sites for hydroxylation is 1. The van der Waals surface area contributed by atoms with Crippen LogP contribution in [0.1, 0.15) is 28.5 Å². The molecule has 5 rings (SSSR count). The molecule has 1 aliphatic heterocycles. The maximum atomic E-state index is 12.5. The normalized spacial score (nSPS) is 15.4. The van der Waals surface area contributed by atoms with E-state index in [1.54, 1.807) is 6.07 Å². The van der Waals surface area contributed by atoms with E-state index in [-0.39, 0.29) is 17.7 Å². The molecule has 0 aliphatic carbocycles. The van der Waals surface area contributed by atoms with E-state index in [1.165, 1.54) is 11.3 Å². The molecule has 2 aromatic carbocycles. The molecule has 1 N–H and O–H groups in total. The van der Waals surface area contributed by atoms with Crippen LogP contribution in [-0.2, 0) is 6.42 Å². The number of aromatic nitrogens is 2. The average molecular weight is 391 g/mol. The Morgan fingerprint density at radius 3 is 3.00 bits per heavy atom.